The molecule has 0 bridgehead atoms. The van der Waals surface area contributed by atoms with E-state index >= 15 is 0 Å². The Balaban J connectivity index is 0. The van der Waals surface area contributed by atoms with E-state index in [1.165, 1.54) is 19.3 Å². The Kier molecular flexibility index (Phi) is 17.4. The van der Waals surface area contributed by atoms with Gasteiger partial charge in [-0.1, -0.05) is 38.5 Å². The third-order valence-electron chi connectivity index (χ3n) is 1.90. The first-order valence-electron chi connectivity index (χ1n) is 5.87. The van der Waals surface area contributed by atoms with E-state index in [0.29, 0.717) is 0 Å². The third kappa shape index (κ3) is 12.1. The molecule has 3 nitrogen and oxygen atoms in total. The predicted octanol–water partition coefficient (Wildman–Crippen LogP) is 2.68. The van der Waals surface area contributed by atoms with Gasteiger partial charge in [0.05, 0.1) is 6.61 Å². The van der Waals surface area contributed by atoms with Crippen LogP contribution in [0, 0.1) is 0 Å². The number of thioether (sulfide) groups is 1. The molecule has 2 N–H and O–H groups in total. The van der Waals surface area contributed by atoms with Gasteiger partial charge in [0.1, 0.15) is 0 Å². The van der Waals surface area contributed by atoms with Crippen molar-refractivity contribution in [1.82, 2.24) is 5.32 Å². The van der Waals surface area contributed by atoms with Crippen LogP contribution in [0.3, 0.4) is 0 Å². The highest BCUT2D eigenvalue weighted by atomic mass is 35.5. The van der Waals surface area contributed by atoms with Crippen LogP contribution in [0.5, 0.6) is 0 Å². The molecule has 0 aliphatic heterocycles. The number of rotatable bonds is 8. The topological polar surface area (TPSA) is 44.6 Å². The quantitative estimate of drug-likeness (QED) is 0.404. The Labute approximate surface area is 110 Å². The second-order valence-electron chi connectivity index (χ2n) is 3.39. The number of aliphatic imine (C=N–C) groups is 1. The molecule has 0 saturated heterocycles. The second-order valence-corrected chi connectivity index (χ2v) is 4.48. The van der Waals surface area contributed by atoms with Crippen molar-refractivity contribution in [2.24, 2.45) is 4.99 Å². The van der Waals surface area contributed by atoms with Gasteiger partial charge in [-0.3, -0.25) is 4.99 Å². The third-order valence-corrected chi connectivity index (χ3v) is 2.84. The maximum atomic E-state index is 8.75. The van der Waals surface area contributed by atoms with E-state index in [9.17, 15) is 0 Å². The van der Waals surface area contributed by atoms with Crippen LogP contribution in [0.4, 0.5) is 0 Å². The van der Waals surface area contributed by atoms with Gasteiger partial charge in [-0.15, -0.1) is 12.4 Å². The normalized spacial score (nSPS) is 11.1. The van der Waals surface area contributed by atoms with Gasteiger partial charge in [0.25, 0.3) is 0 Å². The number of nitrogens with zero attached hydrogens (tertiary/aromatic N) is 1. The second kappa shape index (κ2) is 15.1. The maximum absolute atomic E-state index is 8.75. The molecule has 0 fully saturated rings. The first-order chi connectivity index (χ1) is 7.35. The lowest BCUT2D eigenvalue weighted by Gasteiger charge is -2.08. The summed E-state index contributed by atoms with van der Waals surface area (Å²) in [5.74, 6) is 0.726. The van der Waals surface area contributed by atoms with E-state index in [1.54, 1.807) is 11.8 Å². The Morgan fingerprint density at radius 3 is 2.50 bits per heavy atom. The molecule has 0 radical (unpaired) electrons. The van der Waals surface area contributed by atoms with E-state index in [4.69, 9.17) is 5.11 Å². The highest BCUT2D eigenvalue weighted by Crippen LogP contribution is 2.02. The number of amidine groups is 1. The van der Waals surface area contributed by atoms with Gasteiger partial charge in [0, 0.05) is 18.8 Å². The predicted molar refractivity (Wildman–Crippen MR) is 76.9 cm³/mol. The molecular formula is C11H25ClN2OS. The lowest BCUT2D eigenvalue weighted by atomic mass is 10.3. The molecule has 0 unspecified atom stereocenters. The number of aliphatic hydroxyl groups excluding tert-OH is 1. The molecule has 98 valence electrons. The number of halogens is 1. The van der Waals surface area contributed by atoms with Gasteiger partial charge in [-0.05, 0) is 12.8 Å². The summed E-state index contributed by atoms with van der Waals surface area (Å²) in [6.45, 7) is 6.44. The number of aliphatic hydroxyl groups is 1. The van der Waals surface area contributed by atoms with Crippen molar-refractivity contribution in [3.8, 4) is 0 Å². The molecule has 0 amide bonds. The standard InChI is InChI=1S/C11H24N2OS.ClH/c1-3-5-7-12-11(15-10-9-14)13-8-6-4-2;/h14H,3-10H2,1-2H3,(H,12,13);1H. The Hall–Kier alpha value is 0.0700. The fraction of sp³-hybridized carbons (Fsp3) is 0.909. The molecule has 0 aliphatic carbocycles. The zero-order valence-corrected chi connectivity index (χ0v) is 12.0. The number of unbranched alkanes of at least 4 members (excludes halogenated alkanes) is 2. The summed E-state index contributed by atoms with van der Waals surface area (Å²) in [5.41, 5.74) is 0. The Bertz CT molecular complexity index is 168. The van der Waals surface area contributed by atoms with E-state index in [-0.39, 0.29) is 19.0 Å². The van der Waals surface area contributed by atoms with Crippen LogP contribution in [-0.2, 0) is 0 Å². The molecule has 16 heavy (non-hydrogen) atoms. The van der Waals surface area contributed by atoms with Crippen molar-refractivity contribution in [3.05, 3.63) is 0 Å². The molecule has 0 aromatic carbocycles. The lowest BCUT2D eigenvalue weighted by Crippen LogP contribution is -2.22. The fourth-order valence-electron chi connectivity index (χ4n) is 1.01. The minimum Gasteiger partial charge on any atom is -0.396 e. The van der Waals surface area contributed by atoms with Crippen LogP contribution >= 0.6 is 24.2 Å². The minimum atomic E-state index is 0. The Morgan fingerprint density at radius 2 is 1.94 bits per heavy atom. The van der Waals surface area contributed by atoms with Crippen molar-refractivity contribution in [1.29, 1.82) is 0 Å². The minimum absolute atomic E-state index is 0. The number of nitrogens with one attached hydrogen (secondary N) is 1. The van der Waals surface area contributed by atoms with E-state index in [1.807, 2.05) is 0 Å². The summed E-state index contributed by atoms with van der Waals surface area (Å²) in [7, 11) is 0. The molecule has 0 aromatic rings. The van der Waals surface area contributed by atoms with Crippen molar-refractivity contribution in [2.75, 3.05) is 25.4 Å². The van der Waals surface area contributed by atoms with Gasteiger partial charge < -0.3 is 10.4 Å². The molecule has 5 heteroatoms. The summed E-state index contributed by atoms with van der Waals surface area (Å²) in [6, 6.07) is 0. The van der Waals surface area contributed by atoms with E-state index in [2.05, 4.69) is 24.2 Å². The van der Waals surface area contributed by atoms with Crippen molar-refractivity contribution >= 4 is 29.3 Å². The summed E-state index contributed by atoms with van der Waals surface area (Å²) in [5, 5.41) is 13.1. The van der Waals surface area contributed by atoms with Crippen LogP contribution in [0.15, 0.2) is 4.99 Å². The smallest absolute Gasteiger partial charge is 0.156 e. The van der Waals surface area contributed by atoms with Gasteiger partial charge in [0.15, 0.2) is 5.17 Å². The maximum Gasteiger partial charge on any atom is 0.156 e. The molecule has 0 saturated carbocycles. The monoisotopic (exact) mass is 268 g/mol. The zero-order chi connectivity index (χ0) is 11.4. The molecule has 0 rings (SSSR count). The van der Waals surface area contributed by atoms with Gasteiger partial charge in [-0.25, -0.2) is 0 Å². The van der Waals surface area contributed by atoms with Crippen molar-refractivity contribution in [3.63, 3.8) is 0 Å². The molecule has 0 spiro atoms. The average molecular weight is 269 g/mol. The first-order valence-corrected chi connectivity index (χ1v) is 6.85. The highest BCUT2D eigenvalue weighted by Gasteiger charge is 1.98. The van der Waals surface area contributed by atoms with Gasteiger partial charge >= 0.3 is 0 Å². The van der Waals surface area contributed by atoms with Gasteiger partial charge in [-0.2, -0.15) is 0 Å². The fourth-order valence-corrected chi connectivity index (χ4v) is 1.68. The summed E-state index contributed by atoms with van der Waals surface area (Å²) >= 11 is 1.61. The van der Waals surface area contributed by atoms with Gasteiger partial charge in [0.2, 0.25) is 0 Å². The molecular weight excluding hydrogens is 244 g/mol. The van der Waals surface area contributed by atoms with Crippen LogP contribution in [0.25, 0.3) is 0 Å². The van der Waals surface area contributed by atoms with Crippen LogP contribution in [-0.4, -0.2) is 35.7 Å². The SMILES string of the molecule is CCCCN=C(NCCCC)SCCO.Cl. The van der Waals surface area contributed by atoms with E-state index in [0.717, 1.165) is 30.4 Å². The van der Waals surface area contributed by atoms with Crippen LogP contribution in [0.1, 0.15) is 39.5 Å². The molecule has 0 heterocycles. The first kappa shape index (κ1) is 18.4. The van der Waals surface area contributed by atoms with Crippen molar-refractivity contribution < 1.29 is 5.11 Å². The summed E-state index contributed by atoms with van der Waals surface area (Å²) in [4.78, 5) is 4.48. The molecule has 0 atom stereocenters. The Morgan fingerprint density at radius 1 is 1.25 bits per heavy atom. The van der Waals surface area contributed by atoms with E-state index < -0.39 is 0 Å². The average Bonchev–Trinajstić information content (AvgIpc) is 2.25. The summed E-state index contributed by atoms with van der Waals surface area (Å²) in [6.07, 6.45) is 4.68. The largest absolute Gasteiger partial charge is 0.396 e. The zero-order valence-electron chi connectivity index (χ0n) is 10.4. The lowest BCUT2D eigenvalue weighted by molar-refractivity contribution is 0.323. The number of hydrogen-bond donors (Lipinski definition) is 2. The molecule has 0 aromatic heterocycles. The van der Waals surface area contributed by atoms with Crippen LogP contribution < -0.4 is 5.32 Å². The highest BCUT2D eigenvalue weighted by molar-refractivity contribution is 8.13. The van der Waals surface area contributed by atoms with Crippen molar-refractivity contribution in [2.45, 2.75) is 39.5 Å². The van der Waals surface area contributed by atoms with Crippen LogP contribution in [0.2, 0.25) is 0 Å². The number of hydrogen-bond acceptors (Lipinski definition) is 3. The summed E-state index contributed by atoms with van der Waals surface area (Å²) < 4.78 is 0. The molecule has 0 aliphatic rings.